The van der Waals surface area contributed by atoms with Gasteiger partial charge >= 0.3 is 0 Å². The Hall–Kier alpha value is -0.0800. The quantitative estimate of drug-likeness (QED) is 0.583. The van der Waals surface area contributed by atoms with Crippen LogP contribution in [0, 0.1) is 5.92 Å². The lowest BCUT2D eigenvalue weighted by atomic mass is 10.2. The molecule has 0 rings (SSSR count). The third kappa shape index (κ3) is 8.26. The van der Waals surface area contributed by atoms with E-state index in [1.807, 2.05) is 7.05 Å². The van der Waals surface area contributed by atoms with Crippen LogP contribution in [0.15, 0.2) is 0 Å². The molecule has 0 aliphatic rings. The zero-order valence-corrected chi connectivity index (χ0v) is 9.77. The molecule has 0 unspecified atom stereocenters. The predicted molar refractivity (Wildman–Crippen MR) is 60.1 cm³/mol. The summed E-state index contributed by atoms with van der Waals surface area (Å²) in [4.78, 5) is 2.54. The summed E-state index contributed by atoms with van der Waals surface area (Å²) in [5.41, 5.74) is 0. The summed E-state index contributed by atoms with van der Waals surface area (Å²) < 4.78 is 0. The van der Waals surface area contributed by atoms with Crippen LogP contribution in [0.4, 0.5) is 0 Å². The van der Waals surface area contributed by atoms with Crippen LogP contribution >= 0.6 is 0 Å². The van der Waals surface area contributed by atoms with Crippen molar-refractivity contribution in [2.24, 2.45) is 5.92 Å². The van der Waals surface area contributed by atoms with Crippen molar-refractivity contribution in [3.8, 4) is 0 Å². The van der Waals surface area contributed by atoms with Crippen molar-refractivity contribution in [1.29, 1.82) is 0 Å². The van der Waals surface area contributed by atoms with E-state index in [1.54, 1.807) is 0 Å². The molecular weight excluding hydrogens is 160 g/mol. The van der Waals surface area contributed by atoms with Gasteiger partial charge in [-0.2, -0.15) is 0 Å². The Kier molecular flexibility index (Phi) is 8.46. The van der Waals surface area contributed by atoms with Gasteiger partial charge in [0.2, 0.25) is 0 Å². The Morgan fingerprint density at radius 2 is 1.92 bits per heavy atom. The molecule has 0 aromatic rings. The molecule has 13 heavy (non-hydrogen) atoms. The van der Waals surface area contributed by atoms with Crippen molar-refractivity contribution in [3.63, 3.8) is 0 Å². The molecule has 0 aromatic carbocycles. The highest BCUT2D eigenvalue weighted by atomic mass is 15.1. The van der Waals surface area contributed by atoms with Crippen molar-refractivity contribution >= 4 is 0 Å². The van der Waals surface area contributed by atoms with Crippen LogP contribution in [0.3, 0.4) is 0 Å². The van der Waals surface area contributed by atoms with Gasteiger partial charge in [0.15, 0.2) is 0 Å². The molecule has 0 atom stereocenters. The van der Waals surface area contributed by atoms with Crippen LogP contribution in [0.25, 0.3) is 0 Å². The van der Waals surface area contributed by atoms with Crippen molar-refractivity contribution in [1.82, 2.24) is 10.2 Å². The number of nitrogens with zero attached hydrogens (tertiary/aromatic N) is 1. The van der Waals surface area contributed by atoms with E-state index in [4.69, 9.17) is 0 Å². The summed E-state index contributed by atoms with van der Waals surface area (Å²) in [7, 11) is 2.02. The maximum atomic E-state index is 3.18. The van der Waals surface area contributed by atoms with E-state index in [-0.39, 0.29) is 0 Å². The molecule has 1 N–H and O–H groups in total. The molecule has 0 fully saturated rings. The Labute approximate surface area is 83.7 Å². The third-order valence-electron chi connectivity index (χ3n) is 2.22. The number of hydrogen-bond donors (Lipinski definition) is 1. The zero-order chi connectivity index (χ0) is 10.1. The molecule has 0 spiro atoms. The fourth-order valence-corrected chi connectivity index (χ4v) is 1.53. The van der Waals surface area contributed by atoms with Gasteiger partial charge in [-0.3, -0.25) is 0 Å². The van der Waals surface area contributed by atoms with E-state index >= 15 is 0 Å². The Morgan fingerprint density at radius 3 is 2.38 bits per heavy atom. The minimum absolute atomic E-state index is 0.796. The van der Waals surface area contributed by atoms with Gasteiger partial charge < -0.3 is 10.2 Å². The van der Waals surface area contributed by atoms with Gasteiger partial charge in [0.1, 0.15) is 0 Å². The predicted octanol–water partition coefficient (Wildman–Crippen LogP) is 1.96. The molecule has 0 aromatic heterocycles. The molecule has 0 radical (unpaired) electrons. The maximum Gasteiger partial charge on any atom is 0.000427 e. The van der Waals surface area contributed by atoms with Crippen molar-refractivity contribution in [3.05, 3.63) is 0 Å². The SMILES string of the molecule is CCN(CCCCNC)CC(C)C. The lowest BCUT2D eigenvalue weighted by molar-refractivity contribution is 0.251. The first-order valence-electron chi connectivity index (χ1n) is 5.57. The normalized spacial score (nSPS) is 11.5. The highest BCUT2D eigenvalue weighted by Gasteiger charge is 2.03. The maximum absolute atomic E-state index is 3.18. The van der Waals surface area contributed by atoms with Gasteiger partial charge in [0.05, 0.1) is 0 Å². The van der Waals surface area contributed by atoms with E-state index < -0.39 is 0 Å². The van der Waals surface area contributed by atoms with Gasteiger partial charge in [-0.1, -0.05) is 20.8 Å². The molecule has 0 heterocycles. The van der Waals surface area contributed by atoms with E-state index in [2.05, 4.69) is 31.0 Å². The molecule has 0 bridgehead atoms. The largest absolute Gasteiger partial charge is 0.320 e. The first kappa shape index (κ1) is 12.9. The van der Waals surface area contributed by atoms with Gasteiger partial charge in [0, 0.05) is 6.54 Å². The minimum atomic E-state index is 0.796. The molecule has 2 nitrogen and oxygen atoms in total. The van der Waals surface area contributed by atoms with Crippen molar-refractivity contribution in [2.45, 2.75) is 33.6 Å². The summed E-state index contributed by atoms with van der Waals surface area (Å²) in [6.45, 7) is 11.7. The van der Waals surface area contributed by atoms with Crippen LogP contribution in [0.1, 0.15) is 33.6 Å². The molecule has 0 saturated heterocycles. The van der Waals surface area contributed by atoms with E-state index in [0.717, 1.165) is 12.5 Å². The van der Waals surface area contributed by atoms with Gasteiger partial charge in [0.25, 0.3) is 0 Å². The summed E-state index contributed by atoms with van der Waals surface area (Å²) >= 11 is 0. The number of hydrogen-bond acceptors (Lipinski definition) is 2. The second kappa shape index (κ2) is 8.52. The topological polar surface area (TPSA) is 15.3 Å². The zero-order valence-electron chi connectivity index (χ0n) is 9.77. The highest BCUT2D eigenvalue weighted by Crippen LogP contribution is 2.00. The smallest absolute Gasteiger partial charge is 0.000427 e. The van der Waals surface area contributed by atoms with Crippen LogP contribution in [-0.2, 0) is 0 Å². The van der Waals surface area contributed by atoms with Crippen LogP contribution < -0.4 is 5.32 Å². The lowest BCUT2D eigenvalue weighted by Gasteiger charge is -2.22. The first-order valence-corrected chi connectivity index (χ1v) is 5.57. The summed E-state index contributed by atoms with van der Waals surface area (Å²) in [5, 5.41) is 3.18. The first-order chi connectivity index (χ1) is 6.20. The Balaban J connectivity index is 3.36. The van der Waals surface area contributed by atoms with Crippen molar-refractivity contribution in [2.75, 3.05) is 33.2 Å². The molecular formula is C11H26N2. The molecule has 0 saturated carbocycles. The van der Waals surface area contributed by atoms with E-state index in [1.165, 1.54) is 32.5 Å². The van der Waals surface area contributed by atoms with E-state index in [9.17, 15) is 0 Å². The number of nitrogens with one attached hydrogen (secondary N) is 1. The monoisotopic (exact) mass is 186 g/mol. The van der Waals surface area contributed by atoms with Crippen molar-refractivity contribution < 1.29 is 0 Å². The molecule has 2 heteroatoms. The summed E-state index contributed by atoms with van der Waals surface area (Å²) in [5.74, 6) is 0.796. The number of rotatable bonds is 8. The molecule has 80 valence electrons. The van der Waals surface area contributed by atoms with Crippen LogP contribution in [-0.4, -0.2) is 38.1 Å². The fourth-order valence-electron chi connectivity index (χ4n) is 1.53. The third-order valence-corrected chi connectivity index (χ3v) is 2.22. The van der Waals surface area contributed by atoms with E-state index in [0.29, 0.717) is 0 Å². The summed E-state index contributed by atoms with van der Waals surface area (Å²) in [6, 6.07) is 0. The van der Waals surface area contributed by atoms with Gasteiger partial charge in [-0.05, 0) is 45.4 Å². The second-order valence-corrected chi connectivity index (χ2v) is 4.10. The van der Waals surface area contributed by atoms with Crippen LogP contribution in [0.5, 0.6) is 0 Å². The molecule has 0 aliphatic heterocycles. The van der Waals surface area contributed by atoms with Gasteiger partial charge in [-0.15, -0.1) is 0 Å². The second-order valence-electron chi connectivity index (χ2n) is 4.10. The average molecular weight is 186 g/mol. The molecule has 0 aliphatic carbocycles. The Morgan fingerprint density at radius 1 is 1.23 bits per heavy atom. The minimum Gasteiger partial charge on any atom is -0.320 e. The average Bonchev–Trinajstić information content (AvgIpc) is 2.09. The lowest BCUT2D eigenvalue weighted by Crippen LogP contribution is -2.29. The number of unbranched alkanes of at least 4 members (excludes halogenated alkanes) is 1. The fraction of sp³-hybridized carbons (Fsp3) is 1.00. The highest BCUT2D eigenvalue weighted by molar-refractivity contribution is 4.58. The molecule has 0 amide bonds. The van der Waals surface area contributed by atoms with Gasteiger partial charge in [-0.25, -0.2) is 0 Å². The summed E-state index contributed by atoms with van der Waals surface area (Å²) in [6.07, 6.45) is 2.62. The Bertz CT molecular complexity index is 102. The van der Waals surface area contributed by atoms with Crippen LogP contribution in [0.2, 0.25) is 0 Å². The standard InChI is InChI=1S/C11H26N2/c1-5-13(10-11(2)3)9-7-6-8-12-4/h11-12H,5-10H2,1-4H3.